The first-order valence-corrected chi connectivity index (χ1v) is 12.5. The third kappa shape index (κ3) is 3.45. The van der Waals surface area contributed by atoms with Crippen LogP contribution in [0.4, 0.5) is 11.4 Å². The average molecular weight is 516 g/mol. The van der Waals surface area contributed by atoms with Crippen molar-refractivity contribution in [2.24, 2.45) is 11.0 Å². The number of fused-ring (bicyclic) bond motifs is 4. The molecule has 1 aromatic heterocycles. The molecule has 0 spiro atoms. The molecule has 0 aliphatic carbocycles. The molecule has 2 atom stereocenters. The van der Waals surface area contributed by atoms with Gasteiger partial charge in [0.15, 0.2) is 5.76 Å². The van der Waals surface area contributed by atoms with Crippen LogP contribution in [0.25, 0.3) is 21.7 Å². The van der Waals surface area contributed by atoms with Gasteiger partial charge >= 0.3 is 0 Å². The molecular weight excluding hydrogens is 494 g/mol. The van der Waals surface area contributed by atoms with E-state index in [1.165, 1.54) is 5.01 Å². The Morgan fingerprint density at radius 1 is 0.821 bits per heavy atom. The van der Waals surface area contributed by atoms with E-state index < -0.39 is 29.6 Å². The Bertz CT molecular complexity index is 1820. The van der Waals surface area contributed by atoms with E-state index in [4.69, 9.17) is 9.15 Å². The fraction of sp³-hybridized carbons (Fsp3) is 0.0968. The number of hydrogen-bond acceptors (Lipinski definition) is 7. The van der Waals surface area contributed by atoms with E-state index in [9.17, 15) is 14.4 Å². The number of hydrazone groups is 1. The topological polar surface area (TPSA) is 92.4 Å². The Labute approximate surface area is 222 Å². The number of rotatable bonds is 5. The van der Waals surface area contributed by atoms with Crippen molar-refractivity contribution in [3.63, 3.8) is 0 Å². The summed E-state index contributed by atoms with van der Waals surface area (Å²) in [5.41, 5.74) is 1.53. The summed E-state index contributed by atoms with van der Waals surface area (Å²) in [6.07, 6.45) is 0. The molecule has 0 saturated carbocycles. The van der Waals surface area contributed by atoms with Crippen LogP contribution in [0.15, 0.2) is 107 Å². The Morgan fingerprint density at radius 2 is 1.56 bits per heavy atom. The number of Topliss-reactive ketones (excluding diaryl/α,β-unsaturated/α-hetero) is 1. The number of carbonyl (C=O) groups excluding carboxylic acids is 3. The van der Waals surface area contributed by atoms with Gasteiger partial charge in [-0.3, -0.25) is 19.4 Å². The van der Waals surface area contributed by atoms with Crippen LogP contribution in [-0.2, 0) is 9.59 Å². The molecule has 4 aromatic carbocycles. The number of anilines is 2. The molecule has 0 bridgehead atoms. The fourth-order valence-electron chi connectivity index (χ4n) is 5.41. The monoisotopic (exact) mass is 515 g/mol. The number of ether oxygens (including phenoxy) is 1. The molecule has 7 rings (SSSR count). The van der Waals surface area contributed by atoms with Gasteiger partial charge in [-0.2, -0.15) is 5.10 Å². The lowest BCUT2D eigenvalue weighted by Crippen LogP contribution is -2.39. The number of benzene rings is 4. The molecule has 2 unspecified atom stereocenters. The second-order valence-corrected chi connectivity index (χ2v) is 9.44. The van der Waals surface area contributed by atoms with Gasteiger partial charge in [-0.25, -0.2) is 4.90 Å². The van der Waals surface area contributed by atoms with Crippen LogP contribution >= 0.6 is 0 Å². The van der Waals surface area contributed by atoms with Crippen LogP contribution in [0.2, 0.25) is 0 Å². The number of para-hydroxylation sites is 1. The second-order valence-electron chi connectivity index (χ2n) is 9.44. The summed E-state index contributed by atoms with van der Waals surface area (Å²) < 4.78 is 11.2. The molecule has 5 aromatic rings. The zero-order chi connectivity index (χ0) is 26.7. The molecule has 2 aliphatic rings. The summed E-state index contributed by atoms with van der Waals surface area (Å²) in [6.45, 7) is 0. The minimum atomic E-state index is -1.09. The largest absolute Gasteiger partial charge is 0.497 e. The van der Waals surface area contributed by atoms with Crippen molar-refractivity contribution in [2.45, 2.75) is 6.04 Å². The average Bonchev–Trinajstić information content (AvgIpc) is 3.66. The third-order valence-electron chi connectivity index (χ3n) is 7.28. The van der Waals surface area contributed by atoms with E-state index in [1.807, 2.05) is 54.6 Å². The molecule has 8 heteroatoms. The Morgan fingerprint density at radius 3 is 2.33 bits per heavy atom. The molecule has 39 heavy (non-hydrogen) atoms. The van der Waals surface area contributed by atoms with Crippen LogP contribution in [0.1, 0.15) is 10.6 Å². The summed E-state index contributed by atoms with van der Waals surface area (Å²) in [7, 11) is 1.54. The van der Waals surface area contributed by atoms with Gasteiger partial charge in [-0.15, -0.1) is 0 Å². The summed E-state index contributed by atoms with van der Waals surface area (Å²) in [6, 6.07) is 28.0. The summed E-state index contributed by atoms with van der Waals surface area (Å²) in [5.74, 6) is -1.92. The highest BCUT2D eigenvalue weighted by molar-refractivity contribution is 6.53. The molecular formula is C31H21N3O5. The second kappa shape index (κ2) is 8.66. The van der Waals surface area contributed by atoms with E-state index >= 15 is 0 Å². The zero-order valence-electron chi connectivity index (χ0n) is 20.8. The van der Waals surface area contributed by atoms with Crippen molar-refractivity contribution in [1.82, 2.24) is 0 Å². The van der Waals surface area contributed by atoms with Crippen LogP contribution in [0.5, 0.6) is 5.75 Å². The molecule has 1 fully saturated rings. The maximum absolute atomic E-state index is 13.9. The number of carbonyl (C=O) groups is 3. The normalized spacial score (nSPS) is 18.6. The van der Waals surface area contributed by atoms with E-state index in [2.05, 4.69) is 5.10 Å². The molecule has 3 heterocycles. The van der Waals surface area contributed by atoms with Crippen molar-refractivity contribution in [3.8, 4) is 5.75 Å². The highest BCUT2D eigenvalue weighted by Gasteiger charge is 2.59. The van der Waals surface area contributed by atoms with Gasteiger partial charge in [0.25, 0.3) is 5.91 Å². The first kappa shape index (κ1) is 22.9. The number of ketones is 1. The van der Waals surface area contributed by atoms with Crippen LogP contribution in [0.3, 0.4) is 0 Å². The molecule has 2 amide bonds. The first-order chi connectivity index (χ1) is 19.0. The third-order valence-corrected chi connectivity index (χ3v) is 7.28. The minimum absolute atomic E-state index is 0.0263. The van der Waals surface area contributed by atoms with Gasteiger partial charge in [0.05, 0.1) is 18.5 Å². The van der Waals surface area contributed by atoms with E-state index in [1.54, 1.807) is 49.6 Å². The van der Waals surface area contributed by atoms with Gasteiger partial charge in [0, 0.05) is 5.39 Å². The van der Waals surface area contributed by atoms with Gasteiger partial charge in [0.1, 0.15) is 29.0 Å². The molecule has 1 saturated heterocycles. The quantitative estimate of drug-likeness (QED) is 0.236. The van der Waals surface area contributed by atoms with E-state index in [0.29, 0.717) is 22.7 Å². The van der Waals surface area contributed by atoms with Crippen molar-refractivity contribution in [2.75, 3.05) is 17.0 Å². The maximum atomic E-state index is 13.9. The van der Waals surface area contributed by atoms with Crippen molar-refractivity contribution >= 4 is 56.4 Å². The minimum Gasteiger partial charge on any atom is -0.497 e. The lowest BCUT2D eigenvalue weighted by Gasteiger charge is -2.22. The van der Waals surface area contributed by atoms with Crippen LogP contribution in [0, 0.1) is 5.92 Å². The molecule has 2 aliphatic heterocycles. The van der Waals surface area contributed by atoms with Gasteiger partial charge in [0.2, 0.25) is 11.7 Å². The zero-order valence-corrected chi connectivity index (χ0v) is 20.8. The number of imide groups is 1. The molecule has 8 nitrogen and oxygen atoms in total. The Kier molecular flexibility index (Phi) is 5.09. The Hall–Kier alpha value is -5.24. The van der Waals surface area contributed by atoms with Crippen LogP contribution < -0.4 is 14.6 Å². The lowest BCUT2D eigenvalue weighted by atomic mass is 9.94. The SMILES string of the molecule is COc1ccc(N2C(=O)C3C(C(=O)c4cc5c(ccc6ccccc65)o4)=NN(c4ccccc4)C3C2=O)cc1. The van der Waals surface area contributed by atoms with Gasteiger partial charge < -0.3 is 9.15 Å². The predicted octanol–water partition coefficient (Wildman–Crippen LogP) is 5.21. The molecule has 0 radical (unpaired) electrons. The van der Waals surface area contributed by atoms with Crippen molar-refractivity contribution in [3.05, 3.63) is 103 Å². The predicted molar refractivity (Wildman–Crippen MR) is 147 cm³/mol. The lowest BCUT2D eigenvalue weighted by molar-refractivity contribution is -0.121. The highest BCUT2D eigenvalue weighted by atomic mass is 16.5. The number of furan rings is 1. The number of nitrogens with zero attached hydrogens (tertiary/aromatic N) is 3. The fourth-order valence-corrected chi connectivity index (χ4v) is 5.41. The van der Waals surface area contributed by atoms with Crippen molar-refractivity contribution < 1.29 is 23.5 Å². The number of amides is 2. The smallest absolute Gasteiger partial charge is 0.259 e. The molecule has 0 N–H and O–H groups in total. The van der Waals surface area contributed by atoms with E-state index in [-0.39, 0.29) is 11.5 Å². The molecule has 190 valence electrons. The van der Waals surface area contributed by atoms with Gasteiger partial charge in [-0.1, -0.05) is 48.5 Å². The maximum Gasteiger partial charge on any atom is 0.259 e. The van der Waals surface area contributed by atoms with Gasteiger partial charge in [-0.05, 0) is 59.3 Å². The Balaban J connectivity index is 1.33. The number of hydrogen-bond donors (Lipinski definition) is 0. The van der Waals surface area contributed by atoms with E-state index in [0.717, 1.165) is 21.1 Å². The highest BCUT2D eigenvalue weighted by Crippen LogP contribution is 2.39. The summed E-state index contributed by atoms with van der Waals surface area (Å²) in [5, 5.41) is 8.79. The summed E-state index contributed by atoms with van der Waals surface area (Å²) >= 11 is 0. The summed E-state index contributed by atoms with van der Waals surface area (Å²) in [4.78, 5) is 42.6. The first-order valence-electron chi connectivity index (χ1n) is 12.5. The number of methoxy groups -OCH3 is 1. The standard InChI is InChI=1S/C31H21N3O5/c1-38-21-14-12-19(13-15-21)33-30(36)26-27(32-34(28(26)31(33)37)20-8-3-2-4-9-20)29(35)25-17-23-22-10-6-5-7-18(22)11-16-24(23)39-25/h2-17,26,28H,1H3. The van der Waals surface area contributed by atoms with Crippen LogP contribution in [-0.4, -0.2) is 36.5 Å². The van der Waals surface area contributed by atoms with Crippen molar-refractivity contribution in [1.29, 1.82) is 0 Å².